The number of rotatable bonds is 2. The summed E-state index contributed by atoms with van der Waals surface area (Å²) in [6.07, 6.45) is 11.4. The lowest BCUT2D eigenvalue weighted by atomic mass is 9.45. The van der Waals surface area contributed by atoms with Crippen LogP contribution in [0.25, 0.3) is 0 Å². The first kappa shape index (κ1) is 18.5. The summed E-state index contributed by atoms with van der Waals surface area (Å²) >= 11 is 0. The number of ether oxygens (including phenoxy) is 1. The highest BCUT2D eigenvalue weighted by Gasteiger charge is 2.63. The minimum Gasteiger partial charge on any atom is -0.462 e. The number of carbonyl (C=O) groups is 2. The normalized spacial score (nSPS) is 50.3. The molecule has 3 heteroatoms. The molecule has 0 N–H and O–H groups in total. The molecule has 0 unspecified atom stereocenters. The number of hydrogen-bond donors (Lipinski definition) is 0. The van der Waals surface area contributed by atoms with Gasteiger partial charge in [0.25, 0.3) is 0 Å². The van der Waals surface area contributed by atoms with E-state index >= 15 is 0 Å². The summed E-state index contributed by atoms with van der Waals surface area (Å²) in [5.74, 6) is 2.86. The Hall–Kier alpha value is -0.860. The zero-order valence-corrected chi connectivity index (χ0v) is 17.1. The molecule has 4 aliphatic carbocycles. The van der Waals surface area contributed by atoms with Gasteiger partial charge in [0.05, 0.1) is 5.92 Å². The lowest BCUT2D eigenvalue weighted by Gasteiger charge is -2.60. The molecule has 8 atom stereocenters. The van der Waals surface area contributed by atoms with Crippen molar-refractivity contribution in [3.8, 4) is 0 Å². The zero-order valence-electron chi connectivity index (χ0n) is 17.1. The van der Waals surface area contributed by atoms with Crippen molar-refractivity contribution >= 4 is 11.8 Å². The van der Waals surface area contributed by atoms with Gasteiger partial charge >= 0.3 is 5.97 Å². The molecule has 0 aromatic heterocycles. The molecule has 0 heterocycles. The Morgan fingerprint density at radius 3 is 2.35 bits per heavy atom. The highest BCUT2D eigenvalue weighted by atomic mass is 16.5. The molecule has 4 aliphatic rings. The van der Waals surface area contributed by atoms with Crippen molar-refractivity contribution in [1.82, 2.24) is 0 Å². The lowest BCUT2D eigenvalue weighted by Crippen LogP contribution is -2.53. The maximum Gasteiger partial charge on any atom is 0.302 e. The molecule has 0 aliphatic heterocycles. The van der Waals surface area contributed by atoms with Crippen LogP contribution in [-0.2, 0) is 14.3 Å². The van der Waals surface area contributed by atoms with Crippen molar-refractivity contribution in [2.24, 2.45) is 40.4 Å². The van der Waals surface area contributed by atoms with Crippen LogP contribution in [-0.4, -0.2) is 17.9 Å². The lowest BCUT2D eigenvalue weighted by molar-refractivity contribution is -0.151. The Morgan fingerprint density at radius 1 is 0.885 bits per heavy atom. The quantitative estimate of drug-likeness (QED) is 0.638. The Bertz CT molecular complexity index is 598. The maximum atomic E-state index is 12.6. The molecule has 4 fully saturated rings. The van der Waals surface area contributed by atoms with Gasteiger partial charge in [-0.05, 0) is 86.4 Å². The van der Waals surface area contributed by atoms with E-state index in [2.05, 4.69) is 13.8 Å². The summed E-state index contributed by atoms with van der Waals surface area (Å²) in [5.41, 5.74) is 0.527. The highest BCUT2D eigenvalue weighted by molar-refractivity contribution is 5.81. The Balaban J connectivity index is 1.65. The van der Waals surface area contributed by atoms with E-state index in [1.807, 2.05) is 0 Å². The van der Waals surface area contributed by atoms with Crippen LogP contribution < -0.4 is 0 Å². The SMILES string of the molecule is CC(=O)O[C@@H]1C[C@H]2[C@@H]3CC[C@@H]4CCCC[C@]4(C)[C@H]3CC[C@]2(C)[C@H]1C(C)=O. The third kappa shape index (κ3) is 2.59. The van der Waals surface area contributed by atoms with Crippen molar-refractivity contribution < 1.29 is 14.3 Å². The molecule has 3 nitrogen and oxygen atoms in total. The third-order valence-electron chi connectivity index (χ3n) is 9.34. The van der Waals surface area contributed by atoms with Crippen LogP contribution in [0.3, 0.4) is 0 Å². The molecule has 26 heavy (non-hydrogen) atoms. The topological polar surface area (TPSA) is 43.4 Å². The molecular weight excluding hydrogens is 324 g/mol. The minimum absolute atomic E-state index is 0.0188. The molecule has 4 rings (SSSR count). The van der Waals surface area contributed by atoms with Gasteiger partial charge in [0.2, 0.25) is 0 Å². The second kappa shape index (κ2) is 6.34. The molecule has 4 saturated carbocycles. The third-order valence-corrected chi connectivity index (χ3v) is 9.34. The molecule has 0 saturated heterocycles. The average Bonchev–Trinajstić information content (AvgIpc) is 2.85. The van der Waals surface area contributed by atoms with Crippen LogP contribution in [0.5, 0.6) is 0 Å². The Kier molecular flexibility index (Phi) is 4.51. The number of esters is 1. The monoisotopic (exact) mass is 360 g/mol. The molecule has 0 aromatic carbocycles. The fraction of sp³-hybridized carbons (Fsp3) is 0.913. The van der Waals surface area contributed by atoms with Crippen LogP contribution in [0.2, 0.25) is 0 Å². The Morgan fingerprint density at radius 2 is 1.65 bits per heavy atom. The highest BCUT2D eigenvalue weighted by Crippen LogP contribution is 2.67. The predicted octanol–water partition coefficient (Wildman–Crippen LogP) is 5.17. The molecule has 0 amide bonds. The first-order valence-electron chi connectivity index (χ1n) is 10.9. The van der Waals surface area contributed by atoms with E-state index in [9.17, 15) is 9.59 Å². The summed E-state index contributed by atoms with van der Waals surface area (Å²) in [5, 5.41) is 0. The second-order valence-electron chi connectivity index (χ2n) is 10.4. The van der Waals surface area contributed by atoms with Gasteiger partial charge in [-0.25, -0.2) is 0 Å². The summed E-state index contributed by atoms with van der Waals surface area (Å²) < 4.78 is 5.69. The maximum absolute atomic E-state index is 12.6. The number of Topliss-reactive ketones (excluding diaryl/α,β-unsaturated/α-hetero) is 1. The number of carbonyl (C=O) groups excluding carboxylic acids is 2. The van der Waals surface area contributed by atoms with Gasteiger partial charge in [-0.1, -0.05) is 26.7 Å². The summed E-state index contributed by atoms with van der Waals surface area (Å²) in [4.78, 5) is 24.2. The molecular formula is C23H36O3. The van der Waals surface area contributed by atoms with Crippen LogP contribution in [0.15, 0.2) is 0 Å². The summed E-state index contributed by atoms with van der Waals surface area (Å²) in [6, 6.07) is 0. The van der Waals surface area contributed by atoms with Gasteiger partial charge in [0.15, 0.2) is 0 Å². The fourth-order valence-electron chi connectivity index (χ4n) is 8.34. The van der Waals surface area contributed by atoms with Crippen molar-refractivity contribution in [2.75, 3.05) is 0 Å². The molecule has 0 bridgehead atoms. The van der Waals surface area contributed by atoms with E-state index in [0.717, 1.165) is 30.6 Å². The van der Waals surface area contributed by atoms with E-state index in [-0.39, 0.29) is 29.2 Å². The molecule has 0 aromatic rings. The Labute approximate surface area is 158 Å². The van der Waals surface area contributed by atoms with Gasteiger partial charge < -0.3 is 4.74 Å². The molecule has 0 radical (unpaired) electrons. The van der Waals surface area contributed by atoms with E-state index in [1.54, 1.807) is 6.92 Å². The van der Waals surface area contributed by atoms with E-state index in [1.165, 1.54) is 51.9 Å². The van der Waals surface area contributed by atoms with E-state index < -0.39 is 0 Å². The molecule has 0 spiro atoms. The van der Waals surface area contributed by atoms with Gasteiger partial charge in [0, 0.05) is 6.92 Å². The van der Waals surface area contributed by atoms with Gasteiger partial charge in [-0.2, -0.15) is 0 Å². The van der Waals surface area contributed by atoms with Crippen molar-refractivity contribution in [1.29, 1.82) is 0 Å². The smallest absolute Gasteiger partial charge is 0.302 e. The summed E-state index contributed by atoms with van der Waals surface area (Å²) in [6.45, 7) is 8.11. The number of ketones is 1. The van der Waals surface area contributed by atoms with Gasteiger partial charge in [-0.15, -0.1) is 0 Å². The average molecular weight is 361 g/mol. The largest absolute Gasteiger partial charge is 0.462 e. The first-order chi connectivity index (χ1) is 12.3. The van der Waals surface area contributed by atoms with Crippen molar-refractivity contribution in [2.45, 2.75) is 91.6 Å². The van der Waals surface area contributed by atoms with Gasteiger partial charge in [0.1, 0.15) is 11.9 Å². The van der Waals surface area contributed by atoms with Crippen molar-refractivity contribution in [3.05, 3.63) is 0 Å². The number of fused-ring (bicyclic) bond motifs is 5. The molecule has 146 valence electrons. The number of hydrogen-bond acceptors (Lipinski definition) is 3. The second-order valence-corrected chi connectivity index (χ2v) is 10.4. The minimum atomic E-state index is -0.233. The first-order valence-corrected chi connectivity index (χ1v) is 10.9. The summed E-state index contributed by atoms with van der Waals surface area (Å²) in [7, 11) is 0. The van der Waals surface area contributed by atoms with Crippen molar-refractivity contribution in [3.63, 3.8) is 0 Å². The van der Waals surface area contributed by atoms with Crippen LogP contribution in [0.1, 0.15) is 85.5 Å². The predicted molar refractivity (Wildman–Crippen MR) is 101 cm³/mol. The fourth-order valence-corrected chi connectivity index (χ4v) is 8.34. The van der Waals surface area contributed by atoms with Crippen LogP contribution in [0, 0.1) is 40.4 Å². The van der Waals surface area contributed by atoms with E-state index in [0.29, 0.717) is 11.3 Å². The van der Waals surface area contributed by atoms with Gasteiger partial charge in [-0.3, -0.25) is 9.59 Å². The van der Waals surface area contributed by atoms with Crippen LogP contribution in [0.4, 0.5) is 0 Å². The standard InChI is InChI=1S/C23H36O3/c1-14(24)21-20(26-15(2)25)13-19-17-9-8-16-7-5-6-11-22(16,3)18(17)10-12-23(19,21)4/h16-21H,5-13H2,1-4H3/t16-,17+,18-,19-,20+,21-,22-,23-/m0/s1. The van der Waals surface area contributed by atoms with Crippen LogP contribution >= 0.6 is 0 Å². The zero-order chi connectivity index (χ0) is 18.7. The van der Waals surface area contributed by atoms with E-state index in [4.69, 9.17) is 4.74 Å².